The van der Waals surface area contributed by atoms with Crippen molar-refractivity contribution in [2.24, 2.45) is 0 Å². The molecule has 0 aliphatic rings. The van der Waals surface area contributed by atoms with Crippen LogP contribution in [-0.4, -0.2) is 32.4 Å². The fraction of sp³-hybridized carbons (Fsp3) is 0.159. The molecule has 0 spiro atoms. The first kappa shape index (κ1) is 34.2. The fourth-order valence-electron chi connectivity index (χ4n) is 5.33. The van der Waals surface area contributed by atoms with E-state index in [1.165, 1.54) is 0 Å². The zero-order valence-electron chi connectivity index (χ0n) is 27.9. The molecule has 0 saturated heterocycles. The summed E-state index contributed by atoms with van der Waals surface area (Å²) in [5, 5.41) is 0. The minimum Gasteiger partial charge on any atom is -0.491 e. The maximum Gasteiger partial charge on any atom is 0.338 e. The largest absolute Gasteiger partial charge is 0.491 e. The van der Waals surface area contributed by atoms with Crippen molar-refractivity contribution in [3.05, 3.63) is 180 Å². The van der Waals surface area contributed by atoms with E-state index in [1.807, 2.05) is 152 Å². The van der Waals surface area contributed by atoms with Crippen LogP contribution in [-0.2, 0) is 34.0 Å². The molecule has 0 heterocycles. The number of benzene rings is 6. The van der Waals surface area contributed by atoms with Gasteiger partial charge < -0.3 is 23.7 Å². The third-order valence-corrected chi connectivity index (χ3v) is 7.97. The number of hydrogen-bond acceptors (Lipinski definition) is 6. The molecule has 0 aliphatic carbocycles. The van der Waals surface area contributed by atoms with Gasteiger partial charge in [0.15, 0.2) is 0 Å². The highest BCUT2D eigenvalue weighted by Crippen LogP contribution is 2.31. The number of hydrogen-bond donors (Lipinski definition) is 0. The Morgan fingerprint density at radius 2 is 0.840 bits per heavy atom. The first-order valence-electron chi connectivity index (χ1n) is 16.8. The van der Waals surface area contributed by atoms with Gasteiger partial charge in [-0.3, -0.25) is 0 Å². The highest BCUT2D eigenvalue weighted by molar-refractivity contribution is 5.93. The molecular weight excluding hydrogens is 624 g/mol. The summed E-state index contributed by atoms with van der Waals surface area (Å²) in [6, 6.07) is 51.6. The molecule has 0 atom stereocenters. The number of ether oxygens (including phenoxy) is 5. The molecule has 252 valence electrons. The predicted octanol–water partition coefficient (Wildman–Crippen LogP) is 9.57. The standard InChI is InChI=1S/C44H40O6/c45-44(49-27-25-47-32-35-12-6-2-7-13-35)41-29-39(37-16-20-42(21-17-37)48-26-24-46-31-34-10-4-1-5-11-34)28-40(30-41)38-18-22-43(23-19-38)50-33-36-14-8-3-9-15-36/h1-23,28-30H,24-27,31-33H2. The van der Waals surface area contributed by atoms with E-state index in [0.717, 1.165) is 50.4 Å². The van der Waals surface area contributed by atoms with Crippen molar-refractivity contribution in [1.82, 2.24) is 0 Å². The van der Waals surface area contributed by atoms with Crippen LogP contribution < -0.4 is 9.47 Å². The number of carbonyl (C=O) groups excluding carboxylic acids is 1. The molecule has 6 nitrogen and oxygen atoms in total. The number of rotatable bonds is 17. The van der Waals surface area contributed by atoms with Crippen molar-refractivity contribution in [2.75, 3.05) is 26.4 Å². The molecule has 0 aromatic heterocycles. The van der Waals surface area contributed by atoms with Gasteiger partial charge in [-0.05, 0) is 81.4 Å². The third-order valence-electron chi connectivity index (χ3n) is 7.97. The van der Waals surface area contributed by atoms with E-state index in [1.54, 1.807) is 0 Å². The fourth-order valence-corrected chi connectivity index (χ4v) is 5.33. The van der Waals surface area contributed by atoms with E-state index in [4.69, 9.17) is 23.7 Å². The summed E-state index contributed by atoms with van der Waals surface area (Å²) in [6.45, 7) is 2.88. The molecular formula is C44H40O6. The van der Waals surface area contributed by atoms with Crippen LogP contribution in [0.5, 0.6) is 11.5 Å². The Morgan fingerprint density at radius 3 is 1.34 bits per heavy atom. The summed E-state index contributed by atoms with van der Waals surface area (Å²) in [4.78, 5) is 13.3. The van der Waals surface area contributed by atoms with Gasteiger partial charge in [-0.1, -0.05) is 115 Å². The molecule has 0 fully saturated rings. The van der Waals surface area contributed by atoms with Gasteiger partial charge in [-0.25, -0.2) is 4.79 Å². The van der Waals surface area contributed by atoms with Gasteiger partial charge in [0.25, 0.3) is 0 Å². The molecule has 6 aromatic rings. The van der Waals surface area contributed by atoms with Crippen LogP contribution in [0.2, 0.25) is 0 Å². The Labute approximate surface area is 293 Å². The van der Waals surface area contributed by atoms with Crippen molar-refractivity contribution in [1.29, 1.82) is 0 Å². The van der Waals surface area contributed by atoms with Crippen LogP contribution in [0.15, 0.2) is 158 Å². The quantitative estimate of drug-likeness (QED) is 0.0715. The molecule has 0 unspecified atom stereocenters. The molecule has 6 aromatic carbocycles. The Morgan fingerprint density at radius 1 is 0.400 bits per heavy atom. The molecule has 0 saturated carbocycles. The van der Waals surface area contributed by atoms with Gasteiger partial charge in [0.2, 0.25) is 0 Å². The highest BCUT2D eigenvalue weighted by Gasteiger charge is 2.13. The summed E-state index contributed by atoms with van der Waals surface area (Å²) in [5.41, 5.74) is 7.44. The normalized spacial score (nSPS) is 10.8. The van der Waals surface area contributed by atoms with Crippen molar-refractivity contribution < 1.29 is 28.5 Å². The first-order chi connectivity index (χ1) is 24.7. The van der Waals surface area contributed by atoms with Gasteiger partial charge >= 0.3 is 5.97 Å². The van der Waals surface area contributed by atoms with Crippen LogP contribution in [0.4, 0.5) is 0 Å². The smallest absolute Gasteiger partial charge is 0.338 e. The Hall–Kier alpha value is -5.69. The lowest BCUT2D eigenvalue weighted by molar-refractivity contribution is 0.0288. The van der Waals surface area contributed by atoms with E-state index in [-0.39, 0.29) is 6.61 Å². The number of carbonyl (C=O) groups is 1. The second kappa shape index (κ2) is 18.2. The second-order valence-corrected chi connectivity index (χ2v) is 11.7. The van der Waals surface area contributed by atoms with E-state index < -0.39 is 5.97 Å². The van der Waals surface area contributed by atoms with Crippen LogP contribution in [0.1, 0.15) is 27.0 Å². The van der Waals surface area contributed by atoms with Crippen LogP contribution in [0.3, 0.4) is 0 Å². The Kier molecular flexibility index (Phi) is 12.4. The lowest BCUT2D eigenvalue weighted by atomic mass is 9.96. The molecule has 0 bridgehead atoms. The van der Waals surface area contributed by atoms with Crippen molar-refractivity contribution in [3.8, 4) is 33.8 Å². The van der Waals surface area contributed by atoms with E-state index in [2.05, 4.69) is 6.07 Å². The average molecular weight is 665 g/mol. The van der Waals surface area contributed by atoms with E-state index in [9.17, 15) is 4.79 Å². The van der Waals surface area contributed by atoms with Gasteiger partial charge in [0.05, 0.1) is 32.0 Å². The number of esters is 1. The molecule has 50 heavy (non-hydrogen) atoms. The summed E-state index contributed by atoms with van der Waals surface area (Å²) in [5.74, 6) is 1.11. The van der Waals surface area contributed by atoms with Crippen molar-refractivity contribution in [3.63, 3.8) is 0 Å². The SMILES string of the molecule is O=C(OCCOCc1ccccc1)c1cc(-c2ccc(OCCOCc3ccccc3)cc2)cc(-c2ccc(OCc3ccccc3)cc2)c1. The zero-order valence-corrected chi connectivity index (χ0v) is 27.9. The minimum absolute atomic E-state index is 0.153. The van der Waals surface area contributed by atoms with Crippen LogP contribution in [0, 0.1) is 0 Å². The maximum atomic E-state index is 13.3. The van der Waals surface area contributed by atoms with Crippen molar-refractivity contribution in [2.45, 2.75) is 19.8 Å². The third kappa shape index (κ3) is 10.4. The molecule has 0 N–H and O–H groups in total. The zero-order chi connectivity index (χ0) is 34.2. The molecule has 6 heteroatoms. The first-order valence-corrected chi connectivity index (χ1v) is 16.8. The van der Waals surface area contributed by atoms with Crippen LogP contribution in [0.25, 0.3) is 22.3 Å². The lowest BCUT2D eigenvalue weighted by Crippen LogP contribution is -2.11. The minimum atomic E-state index is -0.408. The van der Waals surface area contributed by atoms with Gasteiger partial charge in [0.1, 0.15) is 31.3 Å². The summed E-state index contributed by atoms with van der Waals surface area (Å²) in [7, 11) is 0. The summed E-state index contributed by atoms with van der Waals surface area (Å²) < 4.78 is 29.0. The lowest BCUT2D eigenvalue weighted by Gasteiger charge is -2.13. The maximum absolute atomic E-state index is 13.3. The summed E-state index contributed by atoms with van der Waals surface area (Å²) in [6.07, 6.45) is 0. The average Bonchev–Trinajstić information content (AvgIpc) is 3.18. The Bertz CT molecular complexity index is 1890. The van der Waals surface area contributed by atoms with Gasteiger partial charge in [-0.15, -0.1) is 0 Å². The van der Waals surface area contributed by atoms with Gasteiger partial charge in [-0.2, -0.15) is 0 Å². The molecule has 0 aliphatic heterocycles. The topological polar surface area (TPSA) is 63.2 Å². The van der Waals surface area contributed by atoms with Crippen LogP contribution >= 0.6 is 0 Å². The molecule has 0 amide bonds. The van der Waals surface area contributed by atoms with Crippen molar-refractivity contribution >= 4 is 5.97 Å². The second-order valence-electron chi connectivity index (χ2n) is 11.7. The predicted molar refractivity (Wildman–Crippen MR) is 196 cm³/mol. The van der Waals surface area contributed by atoms with E-state index >= 15 is 0 Å². The summed E-state index contributed by atoms with van der Waals surface area (Å²) >= 11 is 0. The van der Waals surface area contributed by atoms with Gasteiger partial charge in [0, 0.05) is 0 Å². The molecule has 0 radical (unpaired) electrons. The highest BCUT2D eigenvalue weighted by atomic mass is 16.6. The molecule has 6 rings (SSSR count). The monoisotopic (exact) mass is 664 g/mol. The Balaban J connectivity index is 1.11. The van der Waals surface area contributed by atoms with E-state index in [0.29, 0.717) is 45.2 Å².